The maximum absolute atomic E-state index is 9.50. The number of aromatic nitrogens is 2. The molecule has 20 heavy (non-hydrogen) atoms. The summed E-state index contributed by atoms with van der Waals surface area (Å²) >= 11 is 9.46. The highest BCUT2D eigenvalue weighted by Gasteiger charge is 2.14. The molecule has 0 atom stereocenters. The molecule has 0 bridgehead atoms. The lowest BCUT2D eigenvalue weighted by Gasteiger charge is -1.98. The SMILES string of the molecule is Oc1ccc(Cl)c(-c2nc(-c3cccc(Br)c3)no2)c1. The fourth-order valence-electron chi connectivity index (χ4n) is 1.75. The van der Waals surface area contributed by atoms with Crippen LogP contribution in [0.1, 0.15) is 0 Å². The van der Waals surface area contributed by atoms with E-state index in [2.05, 4.69) is 26.1 Å². The quantitative estimate of drug-likeness (QED) is 0.737. The lowest BCUT2D eigenvalue weighted by molar-refractivity contribution is 0.431. The summed E-state index contributed by atoms with van der Waals surface area (Å²) in [5, 5.41) is 13.9. The van der Waals surface area contributed by atoms with Crippen LogP contribution >= 0.6 is 27.5 Å². The van der Waals surface area contributed by atoms with Gasteiger partial charge in [-0.3, -0.25) is 0 Å². The third kappa shape index (κ3) is 2.55. The summed E-state index contributed by atoms with van der Waals surface area (Å²) in [4.78, 5) is 4.30. The zero-order valence-corrected chi connectivity index (χ0v) is 12.4. The van der Waals surface area contributed by atoms with Gasteiger partial charge in [-0.25, -0.2) is 0 Å². The van der Waals surface area contributed by atoms with Crippen molar-refractivity contribution >= 4 is 27.5 Å². The van der Waals surface area contributed by atoms with Crippen LogP contribution in [0.15, 0.2) is 51.5 Å². The third-order valence-electron chi connectivity index (χ3n) is 2.69. The van der Waals surface area contributed by atoms with Crippen LogP contribution in [-0.4, -0.2) is 15.2 Å². The molecule has 6 heteroatoms. The fourth-order valence-corrected chi connectivity index (χ4v) is 2.35. The molecule has 100 valence electrons. The van der Waals surface area contributed by atoms with Crippen molar-refractivity contribution < 1.29 is 9.63 Å². The first-order valence-corrected chi connectivity index (χ1v) is 6.89. The number of nitrogens with zero attached hydrogens (tertiary/aromatic N) is 2. The van der Waals surface area contributed by atoms with Gasteiger partial charge >= 0.3 is 0 Å². The molecule has 1 heterocycles. The van der Waals surface area contributed by atoms with Gasteiger partial charge in [-0.1, -0.05) is 44.8 Å². The Morgan fingerprint density at radius 1 is 1.15 bits per heavy atom. The highest BCUT2D eigenvalue weighted by Crippen LogP contribution is 2.31. The molecule has 0 aliphatic carbocycles. The average Bonchev–Trinajstić information content (AvgIpc) is 2.91. The summed E-state index contributed by atoms with van der Waals surface area (Å²) in [5.41, 5.74) is 1.33. The highest BCUT2D eigenvalue weighted by molar-refractivity contribution is 9.10. The largest absolute Gasteiger partial charge is 0.508 e. The molecule has 0 aliphatic rings. The van der Waals surface area contributed by atoms with Crippen LogP contribution in [0.25, 0.3) is 22.8 Å². The van der Waals surface area contributed by atoms with Gasteiger partial charge in [0.2, 0.25) is 5.82 Å². The van der Waals surface area contributed by atoms with Crippen molar-refractivity contribution in [2.24, 2.45) is 0 Å². The maximum Gasteiger partial charge on any atom is 0.259 e. The Morgan fingerprint density at radius 3 is 2.80 bits per heavy atom. The molecular formula is C14H8BrClN2O2. The van der Waals surface area contributed by atoms with Gasteiger partial charge in [0.05, 0.1) is 10.6 Å². The number of phenols is 1. The molecule has 1 N–H and O–H groups in total. The minimum Gasteiger partial charge on any atom is -0.508 e. The Kier molecular flexibility index (Phi) is 3.46. The van der Waals surface area contributed by atoms with Crippen molar-refractivity contribution in [2.45, 2.75) is 0 Å². The van der Waals surface area contributed by atoms with E-state index in [0.29, 0.717) is 16.4 Å². The monoisotopic (exact) mass is 350 g/mol. The van der Waals surface area contributed by atoms with Gasteiger partial charge in [0, 0.05) is 10.0 Å². The van der Waals surface area contributed by atoms with Gasteiger partial charge in [-0.15, -0.1) is 0 Å². The molecule has 0 fully saturated rings. The lowest BCUT2D eigenvalue weighted by Crippen LogP contribution is -1.82. The van der Waals surface area contributed by atoms with E-state index in [1.165, 1.54) is 12.1 Å². The van der Waals surface area contributed by atoms with E-state index in [9.17, 15) is 5.11 Å². The second-order valence-corrected chi connectivity index (χ2v) is 5.42. The van der Waals surface area contributed by atoms with Gasteiger partial charge in [0.1, 0.15) is 5.75 Å². The minimum atomic E-state index is 0.0894. The van der Waals surface area contributed by atoms with E-state index < -0.39 is 0 Å². The first-order chi connectivity index (χ1) is 9.63. The summed E-state index contributed by atoms with van der Waals surface area (Å²) in [7, 11) is 0. The smallest absolute Gasteiger partial charge is 0.259 e. The Labute approximate surface area is 128 Å². The van der Waals surface area contributed by atoms with Crippen LogP contribution in [0, 0.1) is 0 Å². The summed E-state index contributed by atoms with van der Waals surface area (Å²) in [5.74, 6) is 0.813. The molecule has 4 nitrogen and oxygen atoms in total. The third-order valence-corrected chi connectivity index (χ3v) is 3.51. The standard InChI is InChI=1S/C14H8BrClN2O2/c15-9-3-1-2-8(6-9)13-17-14(20-18-13)11-7-10(19)4-5-12(11)16/h1-7,19H. The Balaban J connectivity index is 2.04. The van der Waals surface area contributed by atoms with Crippen molar-refractivity contribution in [1.29, 1.82) is 0 Å². The normalized spacial score (nSPS) is 10.7. The number of aromatic hydroxyl groups is 1. The fraction of sp³-hybridized carbons (Fsp3) is 0. The van der Waals surface area contributed by atoms with E-state index >= 15 is 0 Å². The van der Waals surface area contributed by atoms with Gasteiger partial charge in [0.15, 0.2) is 0 Å². The van der Waals surface area contributed by atoms with E-state index in [0.717, 1.165) is 10.0 Å². The zero-order valence-electron chi connectivity index (χ0n) is 10.0. The van der Waals surface area contributed by atoms with E-state index in [4.69, 9.17) is 16.1 Å². The van der Waals surface area contributed by atoms with Gasteiger partial charge < -0.3 is 9.63 Å². The zero-order chi connectivity index (χ0) is 14.1. The first-order valence-electron chi connectivity index (χ1n) is 5.72. The lowest BCUT2D eigenvalue weighted by atomic mass is 10.2. The number of hydrogen-bond acceptors (Lipinski definition) is 4. The number of benzene rings is 2. The van der Waals surface area contributed by atoms with Gasteiger partial charge in [0.25, 0.3) is 5.89 Å². The molecule has 0 aliphatic heterocycles. The maximum atomic E-state index is 9.50. The molecule has 2 aromatic carbocycles. The number of hydrogen-bond donors (Lipinski definition) is 1. The second kappa shape index (κ2) is 5.26. The van der Waals surface area contributed by atoms with Crippen LogP contribution in [0.3, 0.4) is 0 Å². The molecule has 3 aromatic rings. The molecule has 3 rings (SSSR count). The van der Waals surface area contributed by atoms with Crippen molar-refractivity contribution in [3.05, 3.63) is 52.0 Å². The summed E-state index contributed by atoms with van der Waals surface area (Å²) in [6, 6.07) is 12.1. The molecule has 1 aromatic heterocycles. The molecule has 0 spiro atoms. The topological polar surface area (TPSA) is 59.2 Å². The van der Waals surface area contributed by atoms with Crippen molar-refractivity contribution in [3.63, 3.8) is 0 Å². The predicted octanol–water partition coefficient (Wildman–Crippen LogP) is 4.53. The molecule has 0 amide bonds. The Hall–Kier alpha value is -1.85. The number of halogens is 2. The summed E-state index contributed by atoms with van der Waals surface area (Å²) in [6.45, 7) is 0. The second-order valence-electron chi connectivity index (χ2n) is 4.10. The van der Waals surface area contributed by atoms with E-state index in [-0.39, 0.29) is 11.6 Å². The minimum absolute atomic E-state index is 0.0894. The van der Waals surface area contributed by atoms with E-state index in [1.54, 1.807) is 6.07 Å². The van der Waals surface area contributed by atoms with Crippen LogP contribution in [0.5, 0.6) is 5.75 Å². The molecule has 0 unspecified atom stereocenters. The van der Waals surface area contributed by atoms with Crippen LogP contribution in [-0.2, 0) is 0 Å². The average molecular weight is 352 g/mol. The van der Waals surface area contributed by atoms with Crippen LogP contribution in [0.4, 0.5) is 0 Å². The molecule has 0 radical (unpaired) electrons. The molecule has 0 saturated heterocycles. The van der Waals surface area contributed by atoms with Crippen LogP contribution in [0.2, 0.25) is 5.02 Å². The van der Waals surface area contributed by atoms with Crippen molar-refractivity contribution in [3.8, 4) is 28.6 Å². The Morgan fingerprint density at radius 2 is 2.00 bits per heavy atom. The van der Waals surface area contributed by atoms with Crippen LogP contribution < -0.4 is 0 Å². The summed E-state index contributed by atoms with van der Waals surface area (Å²) < 4.78 is 6.14. The predicted molar refractivity (Wildman–Crippen MR) is 79.5 cm³/mol. The van der Waals surface area contributed by atoms with E-state index in [1.807, 2.05) is 24.3 Å². The highest BCUT2D eigenvalue weighted by atomic mass is 79.9. The number of rotatable bonds is 2. The van der Waals surface area contributed by atoms with Crippen molar-refractivity contribution in [2.75, 3.05) is 0 Å². The van der Waals surface area contributed by atoms with Crippen molar-refractivity contribution in [1.82, 2.24) is 10.1 Å². The Bertz CT molecular complexity index is 773. The van der Waals surface area contributed by atoms with Gasteiger partial charge in [-0.2, -0.15) is 4.98 Å². The number of phenolic OH excluding ortho intramolecular Hbond substituents is 1. The first kappa shape index (κ1) is 13.1. The molecule has 0 saturated carbocycles. The van der Waals surface area contributed by atoms with Gasteiger partial charge in [-0.05, 0) is 30.3 Å². The summed E-state index contributed by atoms with van der Waals surface area (Å²) in [6.07, 6.45) is 0. The molecular weight excluding hydrogens is 344 g/mol.